The zero-order valence-electron chi connectivity index (χ0n) is 24.2. The van der Waals surface area contributed by atoms with Gasteiger partial charge in [-0.1, -0.05) is 13.0 Å². The van der Waals surface area contributed by atoms with E-state index in [1.165, 1.54) is 29.5 Å². The van der Waals surface area contributed by atoms with Gasteiger partial charge in [-0.15, -0.1) is 11.3 Å². The van der Waals surface area contributed by atoms with Gasteiger partial charge in [-0.2, -0.15) is 0 Å². The lowest BCUT2D eigenvalue weighted by Crippen LogP contribution is -2.25. The van der Waals surface area contributed by atoms with Crippen molar-refractivity contribution < 1.29 is 29.0 Å². The average molecular weight is 614 g/mol. The number of aromatic carboxylic acids is 1. The van der Waals surface area contributed by atoms with Crippen LogP contribution < -0.4 is 26.8 Å². The largest absolute Gasteiger partial charge is 0.493 e. The summed E-state index contributed by atoms with van der Waals surface area (Å²) in [4.78, 5) is 56.6. The van der Waals surface area contributed by atoms with E-state index in [0.29, 0.717) is 48.4 Å². The third-order valence-corrected chi connectivity index (χ3v) is 8.27. The number of pyridine rings is 1. The molecular weight excluding hydrogens is 582 g/mol. The highest BCUT2D eigenvalue weighted by Crippen LogP contribution is 2.43. The predicted octanol–water partition coefficient (Wildman–Crippen LogP) is 4.37. The molecule has 12 heteroatoms. The van der Waals surface area contributed by atoms with Crippen LogP contribution in [-0.4, -0.2) is 46.9 Å². The molecule has 0 bridgehead atoms. The molecule has 0 atom stereocenters. The number of anilines is 1. The van der Waals surface area contributed by atoms with Crippen LogP contribution in [0.15, 0.2) is 47.8 Å². The molecule has 1 aliphatic heterocycles. The summed E-state index contributed by atoms with van der Waals surface area (Å²) in [6.07, 6.45) is 1.35. The maximum Gasteiger partial charge on any atom is 0.355 e. The Morgan fingerprint density at radius 1 is 1.02 bits per heavy atom. The molecule has 11 nitrogen and oxygen atoms in total. The quantitative estimate of drug-likeness (QED) is 0.184. The van der Waals surface area contributed by atoms with Gasteiger partial charge in [0.15, 0.2) is 5.69 Å². The number of aryl methyl sites for hydroxylation is 1. The number of hydrogen-bond acceptors (Lipinski definition) is 8. The fourth-order valence-corrected chi connectivity index (χ4v) is 6.12. The first-order chi connectivity index (χ1) is 21.1. The molecule has 0 fully saturated rings. The summed E-state index contributed by atoms with van der Waals surface area (Å²) in [7, 11) is 0. The van der Waals surface area contributed by atoms with E-state index in [2.05, 4.69) is 15.6 Å². The van der Waals surface area contributed by atoms with Crippen LogP contribution in [0.5, 0.6) is 5.75 Å². The number of amides is 3. The summed E-state index contributed by atoms with van der Waals surface area (Å²) < 4.78 is 6.08. The van der Waals surface area contributed by atoms with E-state index in [1.807, 2.05) is 18.4 Å². The molecule has 7 N–H and O–H groups in total. The number of carbonyl (C=O) groups is 4. The van der Waals surface area contributed by atoms with E-state index < -0.39 is 29.4 Å². The van der Waals surface area contributed by atoms with Gasteiger partial charge in [0.2, 0.25) is 0 Å². The number of rotatable bonds is 9. The Morgan fingerprint density at radius 3 is 2.52 bits per heavy atom. The van der Waals surface area contributed by atoms with Gasteiger partial charge in [0.1, 0.15) is 11.4 Å². The highest BCUT2D eigenvalue weighted by molar-refractivity contribution is 7.13. The van der Waals surface area contributed by atoms with E-state index in [1.54, 1.807) is 25.1 Å². The molecule has 0 saturated carbocycles. The number of fused-ring (bicyclic) bond motifs is 3. The van der Waals surface area contributed by atoms with Crippen molar-refractivity contribution in [3.63, 3.8) is 0 Å². The number of nitrogens with one attached hydrogen (secondary N) is 2. The minimum atomic E-state index is -1.38. The molecule has 226 valence electrons. The first-order valence-corrected chi connectivity index (χ1v) is 14.9. The third-order valence-electron chi connectivity index (χ3n) is 7.28. The topological polar surface area (TPSA) is 187 Å². The highest BCUT2D eigenvalue weighted by atomic mass is 32.1. The summed E-state index contributed by atoms with van der Waals surface area (Å²) in [5.41, 5.74) is 14.7. The molecule has 3 heterocycles. The van der Waals surface area contributed by atoms with Crippen molar-refractivity contribution in [3.8, 4) is 27.3 Å². The van der Waals surface area contributed by atoms with E-state index in [-0.39, 0.29) is 40.2 Å². The fraction of sp³-hybridized carbons (Fsp3) is 0.219. The number of thiophene rings is 1. The van der Waals surface area contributed by atoms with Crippen molar-refractivity contribution in [2.75, 3.05) is 18.5 Å². The molecule has 2 aromatic heterocycles. The van der Waals surface area contributed by atoms with E-state index in [0.717, 1.165) is 10.4 Å². The minimum absolute atomic E-state index is 0.0680. The first kappa shape index (κ1) is 30.4. The maximum atomic E-state index is 14.1. The Balaban J connectivity index is 1.70. The summed E-state index contributed by atoms with van der Waals surface area (Å²) in [5, 5.41) is 17.6. The lowest BCUT2D eigenvalue weighted by atomic mass is 9.93. The number of nitrogens with two attached hydrogens (primary N) is 2. The number of carboxylic acid groups (broad SMARTS) is 1. The number of carbonyl (C=O) groups excluding carboxylic acids is 3. The van der Waals surface area contributed by atoms with Gasteiger partial charge in [-0.3, -0.25) is 14.4 Å². The zero-order valence-corrected chi connectivity index (χ0v) is 25.0. The fourth-order valence-electron chi connectivity index (χ4n) is 5.14. The van der Waals surface area contributed by atoms with Gasteiger partial charge in [0, 0.05) is 46.6 Å². The monoisotopic (exact) mass is 613 g/mol. The van der Waals surface area contributed by atoms with Gasteiger partial charge in [0.25, 0.3) is 17.7 Å². The second kappa shape index (κ2) is 12.7. The van der Waals surface area contributed by atoms with Crippen LogP contribution in [0.25, 0.3) is 21.6 Å². The molecule has 0 radical (unpaired) electrons. The second-order valence-corrected chi connectivity index (χ2v) is 11.2. The Kier molecular flexibility index (Phi) is 8.74. The van der Waals surface area contributed by atoms with Gasteiger partial charge >= 0.3 is 5.97 Å². The lowest BCUT2D eigenvalue weighted by molar-refractivity contribution is 0.0690. The number of ether oxygens (including phenoxy) is 1. The Morgan fingerprint density at radius 2 is 1.82 bits per heavy atom. The number of aromatic nitrogens is 1. The van der Waals surface area contributed by atoms with Gasteiger partial charge in [-0.05, 0) is 71.8 Å². The maximum absolute atomic E-state index is 14.1. The highest BCUT2D eigenvalue weighted by Gasteiger charge is 2.27. The number of nitrogens with zero attached hydrogens (tertiary/aromatic N) is 1. The molecular formula is C32H31N5O6S. The molecule has 5 rings (SSSR count). The molecule has 0 unspecified atom stereocenters. The summed E-state index contributed by atoms with van der Waals surface area (Å²) in [6, 6.07) is 11.4. The van der Waals surface area contributed by atoms with Crippen molar-refractivity contribution in [3.05, 3.63) is 87.0 Å². The van der Waals surface area contributed by atoms with E-state index >= 15 is 0 Å². The normalized spacial score (nSPS) is 11.9. The summed E-state index contributed by atoms with van der Waals surface area (Å²) >= 11 is 1.50. The Bertz CT molecular complexity index is 1820. The van der Waals surface area contributed by atoms with Crippen LogP contribution in [-0.2, 0) is 13.0 Å². The minimum Gasteiger partial charge on any atom is -0.493 e. The van der Waals surface area contributed by atoms with Crippen molar-refractivity contribution in [1.82, 2.24) is 10.3 Å². The van der Waals surface area contributed by atoms with E-state index in [4.69, 9.17) is 16.2 Å². The number of hydrogen-bond donors (Lipinski definition) is 5. The first-order valence-electron chi connectivity index (χ1n) is 14.0. The molecule has 0 saturated heterocycles. The molecule has 4 aromatic rings. The van der Waals surface area contributed by atoms with Crippen molar-refractivity contribution in [1.29, 1.82) is 0 Å². The van der Waals surface area contributed by atoms with Gasteiger partial charge in [0.05, 0.1) is 17.9 Å². The molecule has 2 aromatic carbocycles. The van der Waals surface area contributed by atoms with Crippen molar-refractivity contribution >= 4 is 40.7 Å². The zero-order chi connectivity index (χ0) is 31.5. The Hall–Kier alpha value is -5.07. The summed E-state index contributed by atoms with van der Waals surface area (Å²) in [5.74, 6) is -2.77. The van der Waals surface area contributed by atoms with Crippen LogP contribution >= 0.6 is 11.3 Å². The Labute approximate surface area is 257 Å². The predicted molar refractivity (Wildman–Crippen MR) is 167 cm³/mol. The average Bonchev–Trinajstić information content (AvgIpc) is 3.41. The van der Waals surface area contributed by atoms with Crippen LogP contribution in [0.2, 0.25) is 0 Å². The molecule has 1 aliphatic rings. The van der Waals surface area contributed by atoms with Crippen LogP contribution in [0, 0.1) is 6.92 Å². The van der Waals surface area contributed by atoms with Gasteiger partial charge < -0.3 is 31.9 Å². The molecule has 3 amide bonds. The number of benzene rings is 2. The standard InChI is InChI=1S/C32H31N5O6S/c1-3-8-35-31(40)24-5-4-19(27(36-24)32(41)42)20-14-25-22(28-18(6-9-43-25)7-10-44-28)13-21(20)30(39)37-26-16(2)11-17(15-33)12-23(26)29(34)38/h4-5,7,10-14H,3,6,8-9,15,33H2,1-2H3,(H2,34,38)(H,35,40)(H,37,39)(H,41,42). The third kappa shape index (κ3) is 5.90. The SMILES string of the molecule is CCCNC(=O)c1ccc(-c2cc3c(cc2C(=O)Nc2c(C)cc(CN)cc2C(N)=O)-c2sccc2CCO3)c(C(=O)O)n1. The number of carboxylic acids is 1. The molecule has 0 aliphatic carbocycles. The molecule has 0 spiro atoms. The van der Waals surface area contributed by atoms with Gasteiger partial charge in [-0.25, -0.2) is 9.78 Å². The van der Waals surface area contributed by atoms with Crippen molar-refractivity contribution in [2.45, 2.75) is 33.2 Å². The lowest BCUT2D eigenvalue weighted by Gasteiger charge is -2.19. The summed E-state index contributed by atoms with van der Waals surface area (Å²) in [6.45, 7) is 4.58. The van der Waals surface area contributed by atoms with Crippen LogP contribution in [0.1, 0.15) is 71.7 Å². The number of primary amides is 1. The van der Waals surface area contributed by atoms with Crippen LogP contribution in [0.4, 0.5) is 5.69 Å². The molecule has 44 heavy (non-hydrogen) atoms. The van der Waals surface area contributed by atoms with Crippen LogP contribution in [0.3, 0.4) is 0 Å². The van der Waals surface area contributed by atoms with E-state index in [9.17, 15) is 24.3 Å². The smallest absolute Gasteiger partial charge is 0.355 e. The second-order valence-electron chi connectivity index (χ2n) is 10.3. The van der Waals surface area contributed by atoms with Crippen molar-refractivity contribution in [2.24, 2.45) is 11.5 Å².